The van der Waals surface area contributed by atoms with Gasteiger partial charge in [0, 0.05) is 36.3 Å². The molecule has 0 unspecified atom stereocenters. The molecule has 0 atom stereocenters. The second-order valence-corrected chi connectivity index (χ2v) is 10.6. The molecule has 0 radical (unpaired) electrons. The van der Waals surface area contributed by atoms with Crippen molar-refractivity contribution < 1.29 is 19.1 Å². The van der Waals surface area contributed by atoms with Crippen molar-refractivity contribution in [3.8, 4) is 5.75 Å². The summed E-state index contributed by atoms with van der Waals surface area (Å²) in [5.74, 6) is -1.30. The van der Waals surface area contributed by atoms with E-state index in [1.54, 1.807) is 60.7 Å². The van der Waals surface area contributed by atoms with Gasteiger partial charge < -0.3 is 10.1 Å². The summed E-state index contributed by atoms with van der Waals surface area (Å²) in [7, 11) is 0. The Morgan fingerprint density at radius 3 is 2.28 bits per heavy atom. The van der Waals surface area contributed by atoms with Gasteiger partial charge in [0.1, 0.15) is 5.75 Å². The zero-order chi connectivity index (χ0) is 27.9. The van der Waals surface area contributed by atoms with E-state index >= 15 is 0 Å². The highest BCUT2D eigenvalue weighted by Crippen LogP contribution is 2.26. The first kappa shape index (κ1) is 28.5. The number of carbonyl (C=O) groups excluding carboxylic acids is 3. The van der Waals surface area contributed by atoms with Gasteiger partial charge in [-0.3, -0.25) is 9.59 Å². The first-order valence-electron chi connectivity index (χ1n) is 11.2. The van der Waals surface area contributed by atoms with Crippen molar-refractivity contribution in [3.63, 3.8) is 0 Å². The highest BCUT2D eigenvalue weighted by Gasteiger charge is 2.15. The fourth-order valence-electron chi connectivity index (χ4n) is 3.29. The molecule has 4 aromatic rings. The summed E-state index contributed by atoms with van der Waals surface area (Å²) in [5, 5.41) is 7.31. The quantitative estimate of drug-likeness (QED) is 0.0898. The van der Waals surface area contributed by atoms with Crippen LogP contribution in [0.25, 0.3) is 0 Å². The van der Waals surface area contributed by atoms with Crippen molar-refractivity contribution in [2.24, 2.45) is 5.10 Å². The number of benzene rings is 4. The SMILES string of the molecule is O=C(NN=Cc1cc(Br)ccc1OC(=O)c1ccc(Cl)cc1Cl)c1cccc(NC(=O)c2ccc(Br)cc2)c1. The van der Waals surface area contributed by atoms with E-state index < -0.39 is 11.9 Å². The molecule has 7 nitrogen and oxygen atoms in total. The van der Waals surface area contributed by atoms with Crippen LogP contribution < -0.4 is 15.5 Å². The predicted molar refractivity (Wildman–Crippen MR) is 159 cm³/mol. The van der Waals surface area contributed by atoms with Crippen LogP contribution in [-0.2, 0) is 0 Å². The molecular weight excluding hydrogens is 673 g/mol. The fraction of sp³-hybridized carbons (Fsp3) is 0. The van der Waals surface area contributed by atoms with Gasteiger partial charge in [-0.05, 0) is 78.9 Å². The summed E-state index contributed by atoms with van der Waals surface area (Å²) in [6, 6.07) is 22.7. The van der Waals surface area contributed by atoms with Gasteiger partial charge >= 0.3 is 5.97 Å². The Morgan fingerprint density at radius 2 is 1.54 bits per heavy atom. The summed E-state index contributed by atoms with van der Waals surface area (Å²) < 4.78 is 7.07. The summed E-state index contributed by atoms with van der Waals surface area (Å²) in [4.78, 5) is 37.8. The lowest BCUT2D eigenvalue weighted by molar-refractivity contribution is 0.0734. The molecule has 0 bridgehead atoms. The maximum atomic E-state index is 12.7. The Balaban J connectivity index is 1.43. The van der Waals surface area contributed by atoms with Crippen LogP contribution in [-0.4, -0.2) is 24.0 Å². The number of esters is 1. The number of hydrogen-bond donors (Lipinski definition) is 2. The van der Waals surface area contributed by atoms with Gasteiger partial charge in [-0.15, -0.1) is 0 Å². The van der Waals surface area contributed by atoms with Crippen LogP contribution in [0.5, 0.6) is 5.75 Å². The van der Waals surface area contributed by atoms with E-state index in [0.29, 0.717) is 26.3 Å². The third kappa shape index (κ3) is 7.77. The average molecular weight is 690 g/mol. The van der Waals surface area contributed by atoms with Gasteiger partial charge in [0.15, 0.2) is 0 Å². The van der Waals surface area contributed by atoms with Crippen LogP contribution in [0.3, 0.4) is 0 Å². The van der Waals surface area contributed by atoms with E-state index in [0.717, 1.165) is 4.47 Å². The number of nitrogens with zero attached hydrogens (tertiary/aromatic N) is 1. The lowest BCUT2D eigenvalue weighted by Crippen LogP contribution is -2.18. The molecule has 39 heavy (non-hydrogen) atoms. The molecule has 11 heteroatoms. The molecule has 4 rings (SSSR count). The van der Waals surface area contributed by atoms with E-state index in [1.807, 2.05) is 0 Å². The number of carbonyl (C=O) groups is 3. The number of rotatable bonds is 7. The topological polar surface area (TPSA) is 96.9 Å². The Hall–Kier alpha value is -3.50. The largest absolute Gasteiger partial charge is 0.422 e. The summed E-state index contributed by atoms with van der Waals surface area (Å²) in [6.45, 7) is 0. The van der Waals surface area contributed by atoms with Crippen LogP contribution in [0, 0.1) is 0 Å². The molecule has 0 saturated heterocycles. The lowest BCUT2D eigenvalue weighted by atomic mass is 10.1. The minimum absolute atomic E-state index is 0.146. The van der Waals surface area contributed by atoms with E-state index in [4.69, 9.17) is 27.9 Å². The summed E-state index contributed by atoms with van der Waals surface area (Å²) in [5.41, 5.74) is 4.19. The summed E-state index contributed by atoms with van der Waals surface area (Å²) in [6.07, 6.45) is 1.34. The Labute approximate surface area is 250 Å². The van der Waals surface area contributed by atoms with Crippen molar-refractivity contribution >= 4 is 84.7 Å². The second-order valence-electron chi connectivity index (χ2n) is 7.94. The Kier molecular flexibility index (Phi) is 9.53. The van der Waals surface area contributed by atoms with Crippen LogP contribution >= 0.6 is 55.1 Å². The molecule has 2 amide bonds. The van der Waals surface area contributed by atoms with Crippen molar-refractivity contribution in [2.75, 3.05) is 5.32 Å². The average Bonchev–Trinajstić information content (AvgIpc) is 2.90. The lowest BCUT2D eigenvalue weighted by Gasteiger charge is -2.09. The maximum absolute atomic E-state index is 12.7. The van der Waals surface area contributed by atoms with E-state index in [-0.39, 0.29) is 27.8 Å². The van der Waals surface area contributed by atoms with E-state index in [1.165, 1.54) is 30.5 Å². The first-order valence-corrected chi connectivity index (χ1v) is 13.5. The third-order valence-electron chi connectivity index (χ3n) is 5.18. The van der Waals surface area contributed by atoms with Crippen molar-refractivity contribution in [3.05, 3.63) is 126 Å². The second kappa shape index (κ2) is 13.0. The van der Waals surface area contributed by atoms with Gasteiger partial charge in [0.2, 0.25) is 0 Å². The highest BCUT2D eigenvalue weighted by atomic mass is 79.9. The number of nitrogens with one attached hydrogen (secondary N) is 2. The van der Waals surface area contributed by atoms with Crippen molar-refractivity contribution in [1.29, 1.82) is 0 Å². The highest BCUT2D eigenvalue weighted by molar-refractivity contribution is 9.10. The number of anilines is 1. The first-order chi connectivity index (χ1) is 18.7. The number of ether oxygens (including phenoxy) is 1. The number of hydrazone groups is 1. The molecule has 0 saturated carbocycles. The zero-order valence-electron chi connectivity index (χ0n) is 19.8. The third-order valence-corrected chi connectivity index (χ3v) is 6.75. The van der Waals surface area contributed by atoms with Gasteiger partial charge in [0.05, 0.1) is 16.8 Å². The normalized spacial score (nSPS) is 10.8. The molecule has 0 heterocycles. The maximum Gasteiger partial charge on any atom is 0.345 e. The van der Waals surface area contributed by atoms with Gasteiger partial charge in [0.25, 0.3) is 11.8 Å². The van der Waals surface area contributed by atoms with E-state index in [9.17, 15) is 14.4 Å². The molecule has 0 aliphatic carbocycles. The van der Waals surface area contributed by atoms with Crippen molar-refractivity contribution in [1.82, 2.24) is 5.43 Å². The minimum Gasteiger partial charge on any atom is -0.422 e. The molecule has 0 aliphatic heterocycles. The van der Waals surface area contributed by atoms with E-state index in [2.05, 4.69) is 47.7 Å². The predicted octanol–water partition coefficient (Wildman–Crippen LogP) is 7.75. The molecule has 2 N–H and O–H groups in total. The van der Waals surface area contributed by atoms with Gasteiger partial charge in [-0.2, -0.15) is 5.10 Å². The molecule has 4 aromatic carbocycles. The number of amides is 2. The van der Waals surface area contributed by atoms with Gasteiger partial charge in [-0.1, -0.05) is 61.1 Å². The monoisotopic (exact) mass is 687 g/mol. The molecule has 0 spiro atoms. The molecule has 0 aromatic heterocycles. The van der Waals surface area contributed by atoms with Crippen LogP contribution in [0.1, 0.15) is 36.6 Å². The minimum atomic E-state index is -0.681. The number of hydrogen-bond acceptors (Lipinski definition) is 5. The zero-order valence-corrected chi connectivity index (χ0v) is 24.4. The van der Waals surface area contributed by atoms with Gasteiger partial charge in [-0.25, -0.2) is 10.2 Å². The fourth-order valence-corrected chi connectivity index (χ4v) is 4.42. The standard InChI is InChI=1S/C28H17Br2Cl2N3O4/c29-19-6-4-16(5-7-19)26(36)34-22-3-1-2-17(13-22)27(37)35-33-15-18-12-20(30)8-11-25(18)39-28(38)23-10-9-21(31)14-24(23)32/h1-15H,(H,34,36)(H,35,37). The molecular formula is C28H17Br2Cl2N3O4. The van der Waals surface area contributed by atoms with Crippen LogP contribution in [0.15, 0.2) is 99.0 Å². The van der Waals surface area contributed by atoms with Crippen LogP contribution in [0.4, 0.5) is 5.69 Å². The smallest absolute Gasteiger partial charge is 0.345 e. The summed E-state index contributed by atoms with van der Waals surface area (Å²) >= 11 is 18.7. The molecule has 0 aliphatic rings. The molecule has 196 valence electrons. The van der Waals surface area contributed by atoms with Crippen LogP contribution in [0.2, 0.25) is 10.0 Å². The Morgan fingerprint density at radius 1 is 0.795 bits per heavy atom. The number of halogens is 4. The van der Waals surface area contributed by atoms with Crippen molar-refractivity contribution in [2.45, 2.75) is 0 Å². The molecule has 0 fully saturated rings. The Bertz CT molecular complexity index is 1590.